The second-order valence-corrected chi connectivity index (χ2v) is 7.68. The highest BCUT2D eigenvalue weighted by molar-refractivity contribution is 5.97. The lowest BCUT2D eigenvalue weighted by Crippen LogP contribution is -2.42. The molecule has 1 aliphatic heterocycles. The maximum absolute atomic E-state index is 13.4. The fourth-order valence-electron chi connectivity index (χ4n) is 3.79. The minimum atomic E-state index is -2.71. The lowest BCUT2D eigenvalue weighted by atomic mass is 10.1. The number of hydrogen-bond acceptors (Lipinski definition) is 5. The topological polar surface area (TPSA) is 89.3 Å². The number of carbonyl (C=O) groups is 2. The molecule has 3 aromatic heterocycles. The number of piperidine rings is 1. The van der Waals surface area contributed by atoms with Crippen LogP contribution in [0.5, 0.6) is 0 Å². The predicted octanol–water partition coefficient (Wildman–Crippen LogP) is 4.17. The van der Waals surface area contributed by atoms with Crippen molar-refractivity contribution in [3.63, 3.8) is 0 Å². The minimum Gasteiger partial charge on any atom is -0.450 e. The molecular formula is C22H23F2N5O3. The van der Waals surface area contributed by atoms with Crippen molar-refractivity contribution in [2.24, 2.45) is 0 Å². The van der Waals surface area contributed by atoms with Crippen LogP contribution in [0.15, 0.2) is 36.8 Å². The van der Waals surface area contributed by atoms with Crippen LogP contribution in [0.1, 0.15) is 35.8 Å². The van der Waals surface area contributed by atoms with Gasteiger partial charge in [-0.15, -0.1) is 0 Å². The van der Waals surface area contributed by atoms with Gasteiger partial charge in [-0.1, -0.05) is 0 Å². The first-order valence-corrected chi connectivity index (χ1v) is 10.3. The summed E-state index contributed by atoms with van der Waals surface area (Å²) in [6, 6.07) is 5.34. The summed E-state index contributed by atoms with van der Waals surface area (Å²) in [6.45, 7) is 3.91. The maximum Gasteiger partial charge on any atom is 0.411 e. The number of nitrogens with zero attached hydrogens (tertiary/aromatic N) is 4. The van der Waals surface area contributed by atoms with Crippen LogP contribution in [-0.4, -0.2) is 57.1 Å². The van der Waals surface area contributed by atoms with E-state index >= 15 is 0 Å². The van der Waals surface area contributed by atoms with Gasteiger partial charge in [0.15, 0.2) is 0 Å². The Labute approximate surface area is 183 Å². The van der Waals surface area contributed by atoms with E-state index in [9.17, 15) is 18.4 Å². The highest BCUT2D eigenvalue weighted by Gasteiger charge is 2.35. The summed E-state index contributed by atoms with van der Waals surface area (Å²) in [6.07, 6.45) is 3.38. The fourth-order valence-corrected chi connectivity index (χ4v) is 3.79. The zero-order chi connectivity index (χ0) is 22.9. The van der Waals surface area contributed by atoms with Crippen LogP contribution in [-0.2, 0) is 4.74 Å². The third-order valence-corrected chi connectivity index (χ3v) is 5.36. The number of ether oxygens (including phenoxy) is 1. The number of likely N-dealkylation sites (tertiary alicyclic amines) is 1. The van der Waals surface area contributed by atoms with Crippen molar-refractivity contribution >= 4 is 28.7 Å². The fraction of sp³-hybridized carbons (Fsp3) is 0.364. The van der Waals surface area contributed by atoms with Gasteiger partial charge in [-0.25, -0.2) is 18.6 Å². The Kier molecular flexibility index (Phi) is 5.77. The van der Waals surface area contributed by atoms with E-state index in [-0.39, 0.29) is 38.4 Å². The van der Waals surface area contributed by atoms with Crippen molar-refractivity contribution in [3.05, 3.63) is 48.0 Å². The number of rotatable bonds is 4. The summed E-state index contributed by atoms with van der Waals surface area (Å²) in [4.78, 5) is 34.6. The second-order valence-electron chi connectivity index (χ2n) is 7.68. The number of fused-ring (bicyclic) bond motifs is 1. The Balaban J connectivity index is 1.61. The molecule has 8 nitrogen and oxygen atoms in total. The Morgan fingerprint density at radius 2 is 1.91 bits per heavy atom. The van der Waals surface area contributed by atoms with Gasteiger partial charge in [0.2, 0.25) is 0 Å². The number of nitrogens with one attached hydrogen (secondary N) is 1. The van der Waals surface area contributed by atoms with Crippen molar-refractivity contribution < 1.29 is 23.1 Å². The highest BCUT2D eigenvalue weighted by Crippen LogP contribution is 2.29. The molecular weight excluding hydrogens is 420 g/mol. The first-order valence-electron chi connectivity index (χ1n) is 10.3. The minimum absolute atomic E-state index is 0.0236. The van der Waals surface area contributed by atoms with Crippen molar-refractivity contribution in [2.75, 3.05) is 25.0 Å². The van der Waals surface area contributed by atoms with Gasteiger partial charge in [0.1, 0.15) is 5.65 Å². The SMILES string of the molecule is CCOC(=O)Nc1cncc(-n2c(C)cc3cc(C(=O)N4CCC(F)(F)CC4)cnc32)c1. The molecule has 0 radical (unpaired) electrons. The Bertz CT molecular complexity index is 1170. The Morgan fingerprint density at radius 3 is 2.62 bits per heavy atom. The summed E-state index contributed by atoms with van der Waals surface area (Å²) < 4.78 is 33.6. The van der Waals surface area contributed by atoms with Gasteiger partial charge in [-0.3, -0.25) is 19.7 Å². The summed E-state index contributed by atoms with van der Waals surface area (Å²) in [5.41, 5.74) is 2.97. The summed E-state index contributed by atoms with van der Waals surface area (Å²) >= 11 is 0. The molecule has 32 heavy (non-hydrogen) atoms. The van der Waals surface area contributed by atoms with Gasteiger partial charge in [-0.05, 0) is 32.0 Å². The quantitative estimate of drug-likeness (QED) is 0.654. The molecule has 1 aliphatic rings. The van der Waals surface area contributed by atoms with Gasteiger partial charge in [-0.2, -0.15) is 0 Å². The van der Waals surface area contributed by atoms with Gasteiger partial charge in [0.25, 0.3) is 11.8 Å². The monoisotopic (exact) mass is 443 g/mol. The summed E-state index contributed by atoms with van der Waals surface area (Å²) in [5, 5.41) is 3.35. The maximum atomic E-state index is 13.4. The van der Waals surface area contributed by atoms with Crippen molar-refractivity contribution in [3.8, 4) is 5.69 Å². The molecule has 0 saturated carbocycles. The molecule has 0 bridgehead atoms. The molecule has 10 heteroatoms. The molecule has 0 unspecified atom stereocenters. The van der Waals surface area contributed by atoms with Gasteiger partial charge >= 0.3 is 6.09 Å². The van der Waals surface area contributed by atoms with E-state index in [1.165, 1.54) is 17.3 Å². The molecule has 0 spiro atoms. The summed E-state index contributed by atoms with van der Waals surface area (Å²) in [5.74, 6) is -3.01. The molecule has 3 aromatic rings. The number of alkyl halides is 2. The van der Waals surface area contributed by atoms with Crippen LogP contribution in [0.2, 0.25) is 0 Å². The molecule has 168 valence electrons. The molecule has 0 aliphatic carbocycles. The summed E-state index contributed by atoms with van der Waals surface area (Å²) in [7, 11) is 0. The predicted molar refractivity (Wildman–Crippen MR) is 114 cm³/mol. The van der Waals surface area contributed by atoms with E-state index in [1.54, 1.807) is 25.3 Å². The van der Waals surface area contributed by atoms with Crippen molar-refractivity contribution in [1.29, 1.82) is 0 Å². The molecule has 0 atom stereocenters. The standard InChI is InChI=1S/C22H23F2N5O3/c1-3-32-21(31)27-17-10-18(13-25-12-17)29-14(2)8-15-9-16(11-26-19(15)29)20(30)28-6-4-22(23,24)5-7-28/h8-13H,3-7H2,1-2H3,(H,27,31). The number of aryl methyl sites for hydroxylation is 1. The zero-order valence-corrected chi connectivity index (χ0v) is 17.8. The lowest BCUT2D eigenvalue weighted by molar-refractivity contribution is -0.0494. The Morgan fingerprint density at radius 1 is 1.16 bits per heavy atom. The first kappa shape index (κ1) is 21.7. The van der Waals surface area contributed by atoms with Crippen LogP contribution >= 0.6 is 0 Å². The molecule has 1 N–H and O–H groups in total. The number of halogens is 2. The smallest absolute Gasteiger partial charge is 0.411 e. The van der Waals surface area contributed by atoms with Crippen LogP contribution in [0.3, 0.4) is 0 Å². The number of hydrogen-bond donors (Lipinski definition) is 1. The number of pyridine rings is 2. The van der Waals surface area contributed by atoms with Crippen molar-refractivity contribution in [1.82, 2.24) is 19.4 Å². The van der Waals surface area contributed by atoms with E-state index in [0.717, 1.165) is 11.1 Å². The average molecular weight is 443 g/mol. The molecule has 2 amide bonds. The number of carbonyl (C=O) groups excluding carboxylic acids is 2. The van der Waals surface area contributed by atoms with E-state index in [4.69, 9.17) is 4.74 Å². The van der Waals surface area contributed by atoms with Gasteiger partial charge in [0, 0.05) is 43.2 Å². The normalized spacial score (nSPS) is 15.6. The molecule has 4 rings (SSSR count). The van der Waals surface area contributed by atoms with E-state index in [0.29, 0.717) is 22.6 Å². The Hall–Kier alpha value is -3.56. The zero-order valence-electron chi connectivity index (χ0n) is 17.8. The van der Waals surface area contributed by atoms with Crippen LogP contribution in [0.4, 0.5) is 19.3 Å². The van der Waals surface area contributed by atoms with E-state index in [1.807, 2.05) is 17.6 Å². The largest absolute Gasteiger partial charge is 0.450 e. The third kappa shape index (κ3) is 4.39. The molecule has 1 saturated heterocycles. The number of amides is 2. The highest BCUT2D eigenvalue weighted by atomic mass is 19.3. The lowest BCUT2D eigenvalue weighted by Gasteiger charge is -2.31. The van der Waals surface area contributed by atoms with E-state index < -0.39 is 12.0 Å². The molecule has 1 fully saturated rings. The van der Waals surface area contributed by atoms with Gasteiger partial charge < -0.3 is 9.64 Å². The third-order valence-electron chi connectivity index (χ3n) is 5.36. The van der Waals surface area contributed by atoms with Gasteiger partial charge in [0.05, 0.1) is 35.9 Å². The first-order chi connectivity index (χ1) is 15.3. The number of aromatic nitrogens is 3. The van der Waals surface area contributed by atoms with Crippen LogP contribution < -0.4 is 5.32 Å². The molecule has 4 heterocycles. The average Bonchev–Trinajstić information content (AvgIpc) is 3.08. The van der Waals surface area contributed by atoms with Crippen LogP contribution in [0.25, 0.3) is 16.7 Å². The van der Waals surface area contributed by atoms with Crippen LogP contribution in [0, 0.1) is 6.92 Å². The van der Waals surface area contributed by atoms with E-state index in [2.05, 4.69) is 15.3 Å². The number of anilines is 1. The molecule has 0 aromatic carbocycles. The second kappa shape index (κ2) is 8.52. The van der Waals surface area contributed by atoms with Crippen molar-refractivity contribution in [2.45, 2.75) is 32.6 Å².